The van der Waals surface area contributed by atoms with Crippen LogP contribution in [0.5, 0.6) is 0 Å². The first-order chi connectivity index (χ1) is 13.7. The number of carbonyl (C=O) groups is 2. The molecule has 144 valence electrons. The highest BCUT2D eigenvalue weighted by Gasteiger charge is 2.19. The molecule has 1 N–H and O–H groups in total. The van der Waals surface area contributed by atoms with Gasteiger partial charge in [-0.2, -0.15) is 0 Å². The van der Waals surface area contributed by atoms with Crippen LogP contribution in [0.4, 0.5) is 11.4 Å². The van der Waals surface area contributed by atoms with Gasteiger partial charge < -0.3 is 15.0 Å². The van der Waals surface area contributed by atoms with Crippen LogP contribution in [-0.4, -0.2) is 47.1 Å². The molecule has 3 aromatic rings. The zero-order valence-corrected chi connectivity index (χ0v) is 15.6. The van der Waals surface area contributed by atoms with Crippen molar-refractivity contribution in [1.29, 1.82) is 0 Å². The van der Waals surface area contributed by atoms with Crippen molar-refractivity contribution in [3.8, 4) is 0 Å². The Morgan fingerprint density at radius 3 is 2.71 bits per heavy atom. The molecule has 28 heavy (non-hydrogen) atoms. The number of fused-ring (bicyclic) bond motifs is 1. The molecule has 0 saturated carbocycles. The Morgan fingerprint density at radius 1 is 1.14 bits per heavy atom. The number of rotatable bonds is 5. The number of carbonyl (C=O) groups excluding carboxylic acids is 2. The Bertz CT molecular complexity index is 1020. The minimum Gasteiger partial charge on any atom is -0.465 e. The number of hydrogen-bond acceptors (Lipinski definition) is 6. The first-order valence-corrected chi connectivity index (χ1v) is 9.21. The second-order valence-corrected chi connectivity index (χ2v) is 6.70. The Hall–Kier alpha value is -3.42. The molecule has 0 bridgehead atoms. The van der Waals surface area contributed by atoms with Crippen LogP contribution < -0.4 is 10.2 Å². The summed E-state index contributed by atoms with van der Waals surface area (Å²) in [6, 6.07) is 12.7. The molecule has 0 spiro atoms. The van der Waals surface area contributed by atoms with E-state index in [4.69, 9.17) is 4.74 Å². The van der Waals surface area contributed by atoms with Gasteiger partial charge in [0.05, 0.1) is 29.6 Å². The quantitative estimate of drug-likeness (QED) is 0.685. The lowest BCUT2D eigenvalue weighted by Crippen LogP contribution is -2.24. The van der Waals surface area contributed by atoms with Crippen molar-refractivity contribution >= 4 is 34.3 Å². The normalized spacial score (nSPS) is 13.7. The van der Waals surface area contributed by atoms with Gasteiger partial charge >= 0.3 is 5.97 Å². The van der Waals surface area contributed by atoms with Crippen LogP contribution in [0, 0.1) is 0 Å². The molecule has 8 heteroatoms. The SMILES string of the molecule is COC(=O)c1ccc(N2CCCC2)c(NC(=O)Cn2nnc3ccccc32)c1. The monoisotopic (exact) mass is 379 g/mol. The van der Waals surface area contributed by atoms with Gasteiger partial charge in [0.25, 0.3) is 0 Å². The van der Waals surface area contributed by atoms with Gasteiger partial charge in [0, 0.05) is 13.1 Å². The maximum atomic E-state index is 12.7. The van der Waals surface area contributed by atoms with E-state index in [1.54, 1.807) is 16.8 Å². The summed E-state index contributed by atoms with van der Waals surface area (Å²) in [7, 11) is 1.34. The molecule has 8 nitrogen and oxygen atoms in total. The summed E-state index contributed by atoms with van der Waals surface area (Å²) in [5, 5.41) is 11.1. The molecular formula is C20H21N5O3. The summed E-state index contributed by atoms with van der Waals surface area (Å²) in [6.07, 6.45) is 2.22. The van der Waals surface area contributed by atoms with Gasteiger partial charge in [0.1, 0.15) is 12.1 Å². The van der Waals surface area contributed by atoms with Crippen LogP contribution >= 0.6 is 0 Å². The van der Waals surface area contributed by atoms with Crippen LogP contribution in [0.3, 0.4) is 0 Å². The molecule has 0 unspecified atom stereocenters. The Labute approximate surface area is 162 Å². The second-order valence-electron chi connectivity index (χ2n) is 6.70. The summed E-state index contributed by atoms with van der Waals surface area (Å²) in [4.78, 5) is 26.8. The summed E-state index contributed by atoms with van der Waals surface area (Å²) >= 11 is 0. The third-order valence-electron chi connectivity index (χ3n) is 4.85. The molecular weight excluding hydrogens is 358 g/mol. The van der Waals surface area contributed by atoms with E-state index in [2.05, 4.69) is 20.5 Å². The van der Waals surface area contributed by atoms with E-state index in [1.807, 2.05) is 30.3 Å². The average molecular weight is 379 g/mol. The summed E-state index contributed by atoms with van der Waals surface area (Å²) in [5.41, 5.74) is 3.43. The van der Waals surface area contributed by atoms with Crippen LogP contribution in [-0.2, 0) is 16.1 Å². The van der Waals surface area contributed by atoms with E-state index < -0.39 is 5.97 Å². The molecule has 0 radical (unpaired) electrons. The van der Waals surface area contributed by atoms with Crippen LogP contribution in [0.15, 0.2) is 42.5 Å². The number of aromatic nitrogens is 3. The fourth-order valence-corrected chi connectivity index (χ4v) is 3.47. The molecule has 0 atom stereocenters. The predicted molar refractivity (Wildman–Crippen MR) is 105 cm³/mol. The smallest absolute Gasteiger partial charge is 0.337 e. The van der Waals surface area contributed by atoms with Gasteiger partial charge in [-0.05, 0) is 43.2 Å². The highest BCUT2D eigenvalue weighted by Crippen LogP contribution is 2.30. The zero-order chi connectivity index (χ0) is 19.5. The average Bonchev–Trinajstić information content (AvgIpc) is 3.38. The van der Waals surface area contributed by atoms with E-state index in [-0.39, 0.29) is 12.5 Å². The number of nitrogens with zero attached hydrogens (tertiary/aromatic N) is 4. The van der Waals surface area contributed by atoms with Crippen molar-refractivity contribution < 1.29 is 14.3 Å². The standard InChI is InChI=1S/C20H21N5O3/c1-28-20(27)14-8-9-17(24-10-4-5-11-24)16(12-14)21-19(26)13-25-18-7-3-2-6-15(18)22-23-25/h2-3,6-9,12H,4-5,10-11,13H2,1H3,(H,21,26). The number of anilines is 2. The maximum absolute atomic E-state index is 12.7. The Kier molecular flexibility index (Phi) is 4.92. The molecule has 1 aliphatic heterocycles. The summed E-state index contributed by atoms with van der Waals surface area (Å²) in [5.74, 6) is -0.677. The van der Waals surface area contributed by atoms with Crippen LogP contribution in [0.25, 0.3) is 11.0 Å². The minimum absolute atomic E-state index is 0.0302. The summed E-state index contributed by atoms with van der Waals surface area (Å²) in [6.45, 7) is 1.88. The van der Waals surface area contributed by atoms with E-state index in [9.17, 15) is 9.59 Å². The molecule has 1 aromatic heterocycles. The largest absolute Gasteiger partial charge is 0.465 e. The van der Waals surface area contributed by atoms with Gasteiger partial charge in [-0.25, -0.2) is 9.48 Å². The zero-order valence-electron chi connectivity index (χ0n) is 15.6. The van der Waals surface area contributed by atoms with Gasteiger partial charge in [0.2, 0.25) is 5.91 Å². The fraction of sp³-hybridized carbons (Fsp3) is 0.300. The van der Waals surface area contributed by atoms with Crippen molar-refractivity contribution in [3.63, 3.8) is 0 Å². The highest BCUT2D eigenvalue weighted by molar-refractivity contribution is 5.98. The number of methoxy groups -OCH3 is 1. The third-order valence-corrected chi connectivity index (χ3v) is 4.85. The third kappa shape index (κ3) is 3.53. The molecule has 1 aliphatic rings. The van der Waals surface area contributed by atoms with Gasteiger partial charge in [-0.15, -0.1) is 5.10 Å². The van der Waals surface area contributed by atoms with E-state index in [0.717, 1.165) is 42.7 Å². The van der Waals surface area contributed by atoms with Gasteiger partial charge in [0.15, 0.2) is 0 Å². The van der Waals surface area contributed by atoms with Crippen molar-refractivity contribution in [1.82, 2.24) is 15.0 Å². The lowest BCUT2D eigenvalue weighted by atomic mass is 10.1. The topological polar surface area (TPSA) is 89.4 Å². The minimum atomic E-state index is -0.439. The lowest BCUT2D eigenvalue weighted by Gasteiger charge is -2.22. The fourth-order valence-electron chi connectivity index (χ4n) is 3.47. The van der Waals surface area contributed by atoms with Crippen molar-refractivity contribution in [3.05, 3.63) is 48.0 Å². The molecule has 1 fully saturated rings. The second kappa shape index (κ2) is 7.67. The Morgan fingerprint density at radius 2 is 1.93 bits per heavy atom. The van der Waals surface area contributed by atoms with Crippen molar-refractivity contribution in [2.24, 2.45) is 0 Å². The molecule has 1 saturated heterocycles. The molecule has 0 aliphatic carbocycles. The molecule has 4 rings (SSSR count). The maximum Gasteiger partial charge on any atom is 0.337 e. The van der Waals surface area contributed by atoms with Crippen molar-refractivity contribution in [2.45, 2.75) is 19.4 Å². The number of amides is 1. The number of nitrogens with one attached hydrogen (secondary N) is 1. The predicted octanol–water partition coefficient (Wildman–Crippen LogP) is 2.46. The van der Waals surface area contributed by atoms with Crippen molar-refractivity contribution in [2.75, 3.05) is 30.4 Å². The van der Waals surface area contributed by atoms with Crippen LogP contribution in [0.2, 0.25) is 0 Å². The molecule has 2 heterocycles. The number of benzene rings is 2. The number of para-hydroxylation sites is 1. The number of esters is 1. The number of hydrogen-bond donors (Lipinski definition) is 1. The highest BCUT2D eigenvalue weighted by atomic mass is 16.5. The molecule has 2 aromatic carbocycles. The lowest BCUT2D eigenvalue weighted by molar-refractivity contribution is -0.116. The van der Waals surface area contributed by atoms with Gasteiger partial charge in [-0.1, -0.05) is 17.3 Å². The number of ether oxygens (including phenoxy) is 1. The Balaban J connectivity index is 1.59. The summed E-state index contributed by atoms with van der Waals surface area (Å²) < 4.78 is 6.37. The van der Waals surface area contributed by atoms with E-state index in [1.165, 1.54) is 7.11 Å². The van der Waals surface area contributed by atoms with E-state index in [0.29, 0.717) is 11.3 Å². The van der Waals surface area contributed by atoms with Gasteiger partial charge in [-0.3, -0.25) is 4.79 Å². The molecule has 1 amide bonds. The van der Waals surface area contributed by atoms with Crippen LogP contribution in [0.1, 0.15) is 23.2 Å². The first-order valence-electron chi connectivity index (χ1n) is 9.21. The van der Waals surface area contributed by atoms with E-state index >= 15 is 0 Å². The first kappa shape index (κ1) is 18.0.